The lowest BCUT2D eigenvalue weighted by molar-refractivity contribution is -0.361. The van der Waals surface area contributed by atoms with Crippen LogP contribution in [-0.4, -0.2) is 244 Å². The minimum atomic E-state index is -2.89. The fraction of sp³-hybridized carbons (Fsp3) is 0.903. The zero-order chi connectivity index (χ0) is 42.7. The Kier molecular flexibility index (Phi) is 16.4. The van der Waals surface area contributed by atoms with Crippen molar-refractivity contribution in [3.63, 3.8) is 0 Å². The van der Waals surface area contributed by atoms with Gasteiger partial charge in [0.15, 0.2) is 18.9 Å². The van der Waals surface area contributed by atoms with E-state index in [2.05, 4.69) is 10.6 Å². The van der Waals surface area contributed by atoms with E-state index in [-0.39, 0.29) is 0 Å². The zero-order valence-corrected chi connectivity index (χ0v) is 30.4. The van der Waals surface area contributed by atoms with Gasteiger partial charge < -0.3 is 115 Å². The van der Waals surface area contributed by atoms with E-state index in [0.717, 1.165) is 13.8 Å². The van der Waals surface area contributed by atoms with Crippen LogP contribution in [-0.2, 0) is 47.5 Å². The molecule has 4 heterocycles. The van der Waals surface area contributed by atoms with Gasteiger partial charge in [0.05, 0.1) is 38.6 Å². The molecule has 330 valence electrons. The Balaban J connectivity index is 1.52. The van der Waals surface area contributed by atoms with E-state index in [1.54, 1.807) is 0 Å². The predicted molar refractivity (Wildman–Crippen MR) is 174 cm³/mol. The maximum Gasteiger partial charge on any atom is 0.364 e. The minimum absolute atomic E-state index is 0.747. The summed E-state index contributed by atoms with van der Waals surface area (Å²) >= 11 is 0. The number of hydrogen-bond donors (Lipinski definition) is 16. The van der Waals surface area contributed by atoms with E-state index in [1.165, 1.54) is 0 Å². The Morgan fingerprint density at radius 2 is 1.30 bits per heavy atom. The number of carboxylic acids is 1. The first-order chi connectivity index (χ1) is 26.7. The second-order valence-electron chi connectivity index (χ2n) is 14.1. The van der Waals surface area contributed by atoms with Crippen molar-refractivity contribution < 1.29 is 119 Å². The third-order valence-corrected chi connectivity index (χ3v) is 9.96. The highest BCUT2D eigenvalue weighted by atomic mass is 16.8. The zero-order valence-electron chi connectivity index (χ0n) is 30.4. The van der Waals surface area contributed by atoms with Crippen LogP contribution >= 0.6 is 0 Å². The van der Waals surface area contributed by atoms with Gasteiger partial charge in [-0.25, -0.2) is 4.79 Å². The molecule has 0 bridgehead atoms. The van der Waals surface area contributed by atoms with E-state index < -0.39 is 179 Å². The Labute approximate surface area is 322 Å². The smallest absolute Gasteiger partial charge is 0.364 e. The van der Waals surface area contributed by atoms with Crippen LogP contribution in [0.3, 0.4) is 0 Å². The lowest BCUT2D eigenvalue weighted by Crippen LogP contribution is -2.69. The number of amides is 2. The molecule has 26 heteroatoms. The van der Waals surface area contributed by atoms with Gasteiger partial charge in [-0.3, -0.25) is 9.59 Å². The Morgan fingerprint density at radius 1 is 0.719 bits per heavy atom. The van der Waals surface area contributed by atoms with Gasteiger partial charge in [-0.2, -0.15) is 0 Å². The molecule has 0 spiro atoms. The summed E-state index contributed by atoms with van der Waals surface area (Å²) in [6, 6.07) is -3.12. The quantitative estimate of drug-likeness (QED) is 0.0728. The number of rotatable bonds is 15. The second kappa shape index (κ2) is 19.8. The second-order valence-corrected chi connectivity index (χ2v) is 14.1. The Bertz CT molecular complexity index is 1350. The van der Waals surface area contributed by atoms with Crippen molar-refractivity contribution in [3.05, 3.63) is 0 Å². The van der Waals surface area contributed by atoms with Gasteiger partial charge in [-0.1, -0.05) is 0 Å². The maximum atomic E-state index is 12.6. The SMILES string of the molecule is CC(=O)N[C@H]1[C@H](OC[C@H]2O[C@@H](O[C@H]3[C@H](O)[C@@H](O)[C@H](O)O[C@@H]3CO)[C@H](O)[C@@H](O)[C@H]2O)O[C@H](CO[C@]2(C(=O)O)C[C@H](O)[C@@H](NC(C)=O)[C@H]([C@H](O)[C@H](O)CO)O2)[C@@H](O)[C@@H]1O. The molecule has 4 saturated heterocycles. The standard InChI is InChI=1S/C31H52N2O24/c1-8(36)32-15-10(38)3-31(30(49)50,57-26(15)17(40)11(39)4-34)52-7-14-18(41)20(43)16(33-9(2)37)28(54-14)51-6-13-19(42)21(44)24(47)29(55-13)56-25-12(5-35)53-27(48)23(46)22(25)45/h10-29,34-35,38-48H,3-7H2,1-2H3,(H,32,36)(H,33,37)(H,49,50)/t10-,11+,12+,13+,14+,15+,16+,17+,18+,19-,20+,21-,22+,23+,24+,25+,26+,27+,28+,29-,31+/m0/s1. The van der Waals surface area contributed by atoms with Crippen LogP contribution in [0.15, 0.2) is 0 Å². The number of carboxylic acid groups (broad SMARTS) is 1. The third-order valence-electron chi connectivity index (χ3n) is 9.96. The van der Waals surface area contributed by atoms with E-state index in [4.69, 9.17) is 33.2 Å². The predicted octanol–water partition coefficient (Wildman–Crippen LogP) is -10.3. The van der Waals surface area contributed by atoms with Gasteiger partial charge in [0, 0.05) is 20.3 Å². The molecular formula is C31H52N2O24. The van der Waals surface area contributed by atoms with Gasteiger partial charge in [-0.05, 0) is 0 Å². The van der Waals surface area contributed by atoms with Crippen LogP contribution in [0.4, 0.5) is 0 Å². The molecule has 0 aliphatic carbocycles. The fourth-order valence-corrected chi connectivity index (χ4v) is 6.84. The topological polar surface area (TPSA) is 423 Å². The molecule has 0 unspecified atom stereocenters. The molecule has 4 fully saturated rings. The van der Waals surface area contributed by atoms with E-state index in [0.29, 0.717) is 0 Å². The Hall–Kier alpha value is -2.39. The van der Waals surface area contributed by atoms with Crippen LogP contribution in [0.1, 0.15) is 20.3 Å². The van der Waals surface area contributed by atoms with Gasteiger partial charge in [0.1, 0.15) is 91.5 Å². The number of ether oxygens (including phenoxy) is 7. The molecule has 4 aliphatic heterocycles. The number of aliphatic carboxylic acids is 1. The summed E-state index contributed by atoms with van der Waals surface area (Å²) in [6.07, 6.45) is -34.7. The number of carbonyl (C=O) groups is 3. The third kappa shape index (κ3) is 10.5. The summed E-state index contributed by atoms with van der Waals surface area (Å²) in [5, 5.41) is 150. The van der Waals surface area contributed by atoms with Crippen molar-refractivity contribution in [2.24, 2.45) is 0 Å². The summed E-state index contributed by atoms with van der Waals surface area (Å²) in [4.78, 5) is 36.5. The summed E-state index contributed by atoms with van der Waals surface area (Å²) in [5.74, 6) is -6.31. The molecule has 0 aromatic rings. The van der Waals surface area contributed by atoms with Crippen LogP contribution in [0.25, 0.3) is 0 Å². The van der Waals surface area contributed by atoms with E-state index >= 15 is 0 Å². The molecule has 0 aromatic carbocycles. The molecule has 57 heavy (non-hydrogen) atoms. The first kappa shape index (κ1) is 47.3. The van der Waals surface area contributed by atoms with Gasteiger partial charge >= 0.3 is 5.97 Å². The number of carbonyl (C=O) groups excluding carboxylic acids is 2. The minimum Gasteiger partial charge on any atom is -0.477 e. The van der Waals surface area contributed by atoms with Crippen molar-refractivity contribution in [2.75, 3.05) is 26.4 Å². The highest BCUT2D eigenvalue weighted by molar-refractivity contribution is 5.76. The van der Waals surface area contributed by atoms with E-state index in [1.807, 2.05) is 0 Å². The summed E-state index contributed by atoms with van der Waals surface area (Å²) in [6.45, 7) is -1.65. The lowest BCUT2D eigenvalue weighted by atomic mass is 9.88. The van der Waals surface area contributed by atoms with Gasteiger partial charge in [0.25, 0.3) is 5.79 Å². The van der Waals surface area contributed by atoms with Crippen LogP contribution in [0, 0.1) is 0 Å². The average molecular weight is 837 g/mol. The summed E-state index contributed by atoms with van der Waals surface area (Å²) < 4.78 is 38.6. The largest absolute Gasteiger partial charge is 0.477 e. The average Bonchev–Trinajstić information content (AvgIpc) is 3.16. The molecule has 16 N–H and O–H groups in total. The monoisotopic (exact) mass is 836 g/mol. The normalized spacial score (nSPS) is 45.1. The van der Waals surface area contributed by atoms with Gasteiger partial charge in [0.2, 0.25) is 11.8 Å². The molecule has 0 saturated carbocycles. The number of aliphatic hydroxyl groups excluding tert-OH is 13. The highest BCUT2D eigenvalue weighted by Gasteiger charge is 2.57. The summed E-state index contributed by atoms with van der Waals surface area (Å²) in [5.41, 5.74) is 0. The van der Waals surface area contributed by atoms with Gasteiger partial charge in [-0.15, -0.1) is 0 Å². The summed E-state index contributed by atoms with van der Waals surface area (Å²) in [7, 11) is 0. The molecule has 21 atom stereocenters. The van der Waals surface area contributed by atoms with Crippen molar-refractivity contribution >= 4 is 17.8 Å². The number of hydrogen-bond acceptors (Lipinski definition) is 23. The maximum absolute atomic E-state index is 12.6. The van der Waals surface area contributed by atoms with Crippen LogP contribution < -0.4 is 10.6 Å². The van der Waals surface area contributed by atoms with Crippen LogP contribution in [0.5, 0.6) is 0 Å². The molecule has 4 aliphatic rings. The molecule has 26 nitrogen and oxygen atoms in total. The first-order valence-electron chi connectivity index (χ1n) is 17.7. The first-order valence-corrected chi connectivity index (χ1v) is 17.7. The van der Waals surface area contributed by atoms with Crippen LogP contribution in [0.2, 0.25) is 0 Å². The van der Waals surface area contributed by atoms with Crippen molar-refractivity contribution in [1.29, 1.82) is 0 Å². The Morgan fingerprint density at radius 3 is 1.88 bits per heavy atom. The van der Waals surface area contributed by atoms with Crippen molar-refractivity contribution in [1.82, 2.24) is 10.6 Å². The molecule has 2 amide bonds. The van der Waals surface area contributed by atoms with E-state index in [9.17, 15) is 85.9 Å². The fourth-order valence-electron chi connectivity index (χ4n) is 6.84. The molecule has 0 aromatic heterocycles. The highest BCUT2D eigenvalue weighted by Crippen LogP contribution is 2.35. The number of nitrogens with one attached hydrogen (secondary N) is 2. The number of aliphatic hydroxyl groups is 13. The van der Waals surface area contributed by atoms with Crippen molar-refractivity contribution in [2.45, 2.75) is 149 Å². The lowest BCUT2D eigenvalue weighted by Gasteiger charge is -2.48. The molecule has 0 radical (unpaired) electrons. The molecular weight excluding hydrogens is 784 g/mol. The molecule has 4 rings (SSSR count). The van der Waals surface area contributed by atoms with Crippen molar-refractivity contribution in [3.8, 4) is 0 Å².